The van der Waals surface area contributed by atoms with Crippen LogP contribution in [0, 0.1) is 17.8 Å². The lowest BCUT2D eigenvalue weighted by Crippen LogP contribution is -2.50. The van der Waals surface area contributed by atoms with E-state index in [9.17, 15) is 9.59 Å². The molecule has 5 nitrogen and oxygen atoms in total. The molecule has 5 heteroatoms. The van der Waals surface area contributed by atoms with E-state index in [0.29, 0.717) is 12.3 Å². The van der Waals surface area contributed by atoms with Crippen LogP contribution in [0.1, 0.15) is 52.4 Å². The Morgan fingerprint density at radius 3 is 2.50 bits per heavy atom. The number of aliphatic carboxylic acids is 1. The number of amides is 2. The second-order valence-electron chi connectivity index (χ2n) is 6.42. The van der Waals surface area contributed by atoms with Gasteiger partial charge in [-0.05, 0) is 50.4 Å². The number of carbonyl (C=O) groups is 2. The van der Waals surface area contributed by atoms with E-state index in [4.69, 9.17) is 5.11 Å². The van der Waals surface area contributed by atoms with Crippen molar-refractivity contribution in [2.75, 3.05) is 0 Å². The van der Waals surface area contributed by atoms with Crippen LogP contribution in [-0.4, -0.2) is 29.2 Å². The van der Waals surface area contributed by atoms with Gasteiger partial charge in [0.25, 0.3) is 0 Å². The summed E-state index contributed by atoms with van der Waals surface area (Å²) in [5, 5.41) is 14.5. The molecule has 0 aromatic carbocycles. The topological polar surface area (TPSA) is 78.4 Å². The molecule has 0 aliphatic heterocycles. The number of nitrogens with one attached hydrogen (secondary N) is 2. The highest BCUT2D eigenvalue weighted by Gasteiger charge is 2.42. The number of hydrogen-bond acceptors (Lipinski definition) is 2. The molecule has 0 spiro atoms. The van der Waals surface area contributed by atoms with Gasteiger partial charge in [-0.25, -0.2) is 9.59 Å². The van der Waals surface area contributed by atoms with E-state index in [1.165, 1.54) is 25.7 Å². The van der Waals surface area contributed by atoms with Crippen LogP contribution in [0.4, 0.5) is 4.79 Å². The minimum absolute atomic E-state index is 0.126. The van der Waals surface area contributed by atoms with Crippen LogP contribution in [0.3, 0.4) is 0 Å². The summed E-state index contributed by atoms with van der Waals surface area (Å²) < 4.78 is 0. The highest BCUT2D eigenvalue weighted by Crippen LogP contribution is 2.49. The van der Waals surface area contributed by atoms with Gasteiger partial charge in [0.05, 0.1) is 0 Å². The Labute approximate surface area is 120 Å². The Balaban J connectivity index is 1.80. The molecule has 5 unspecified atom stereocenters. The van der Waals surface area contributed by atoms with Crippen molar-refractivity contribution in [2.45, 2.75) is 64.5 Å². The molecule has 2 aliphatic rings. The molecule has 2 saturated carbocycles. The maximum Gasteiger partial charge on any atom is 0.326 e. The summed E-state index contributed by atoms with van der Waals surface area (Å²) in [6, 6.07) is -1.00. The van der Waals surface area contributed by atoms with E-state index in [2.05, 4.69) is 10.6 Å². The summed E-state index contributed by atoms with van der Waals surface area (Å²) in [6.45, 7) is 3.95. The highest BCUT2D eigenvalue weighted by atomic mass is 16.4. The zero-order chi connectivity index (χ0) is 14.7. The van der Waals surface area contributed by atoms with Gasteiger partial charge in [0.15, 0.2) is 0 Å². The van der Waals surface area contributed by atoms with Crippen LogP contribution < -0.4 is 10.6 Å². The maximum absolute atomic E-state index is 11.9. The average Bonchev–Trinajstić information content (AvgIpc) is 3.00. The first-order valence-corrected chi connectivity index (χ1v) is 7.81. The Bertz CT molecular complexity index is 372. The summed E-state index contributed by atoms with van der Waals surface area (Å²) in [6.07, 6.45) is 6.36. The van der Waals surface area contributed by atoms with Crippen LogP contribution in [0.15, 0.2) is 0 Å². The van der Waals surface area contributed by atoms with Crippen LogP contribution in [0.25, 0.3) is 0 Å². The third kappa shape index (κ3) is 3.44. The number of hydrogen-bond donors (Lipinski definition) is 3. The van der Waals surface area contributed by atoms with E-state index >= 15 is 0 Å². The third-order valence-electron chi connectivity index (χ3n) is 4.97. The zero-order valence-corrected chi connectivity index (χ0v) is 12.4. The SMILES string of the molecule is CCCC(NC(=O)NC(C)C1CC2CCC1C2)C(=O)O. The fraction of sp³-hybridized carbons (Fsp3) is 0.867. The largest absolute Gasteiger partial charge is 0.480 e. The van der Waals surface area contributed by atoms with Crippen LogP contribution in [-0.2, 0) is 4.79 Å². The van der Waals surface area contributed by atoms with Crippen molar-refractivity contribution in [1.29, 1.82) is 0 Å². The number of fused-ring (bicyclic) bond motifs is 2. The molecule has 2 fully saturated rings. The average molecular weight is 282 g/mol. The van der Waals surface area contributed by atoms with Gasteiger partial charge in [0, 0.05) is 6.04 Å². The van der Waals surface area contributed by atoms with E-state index in [1.54, 1.807) is 0 Å². The fourth-order valence-electron chi connectivity index (χ4n) is 3.97. The standard InChI is InChI=1S/C15H26N2O3/c1-3-4-13(14(18)19)17-15(20)16-9(2)12-8-10-5-6-11(12)7-10/h9-13H,3-8H2,1-2H3,(H,18,19)(H2,16,17,20). The molecule has 0 saturated heterocycles. The molecule has 0 heterocycles. The first-order valence-electron chi connectivity index (χ1n) is 7.81. The van der Waals surface area contributed by atoms with Crippen LogP contribution in [0.2, 0.25) is 0 Å². The van der Waals surface area contributed by atoms with Gasteiger partial charge in [0.1, 0.15) is 6.04 Å². The summed E-state index contributed by atoms with van der Waals surface area (Å²) in [5.41, 5.74) is 0. The lowest BCUT2D eigenvalue weighted by molar-refractivity contribution is -0.139. The summed E-state index contributed by atoms with van der Waals surface area (Å²) in [7, 11) is 0. The molecule has 3 N–H and O–H groups in total. The fourth-order valence-corrected chi connectivity index (χ4v) is 3.97. The molecule has 114 valence electrons. The zero-order valence-electron chi connectivity index (χ0n) is 12.4. The van der Waals surface area contributed by atoms with Crippen LogP contribution in [0.5, 0.6) is 0 Å². The second-order valence-corrected chi connectivity index (χ2v) is 6.42. The Hall–Kier alpha value is -1.26. The van der Waals surface area contributed by atoms with Gasteiger partial charge in [-0.1, -0.05) is 19.8 Å². The molecule has 5 atom stereocenters. The number of carboxylic acids is 1. The van der Waals surface area contributed by atoms with Crippen molar-refractivity contribution < 1.29 is 14.7 Å². The Kier molecular flexibility index (Phi) is 4.89. The molecular weight excluding hydrogens is 256 g/mol. The molecule has 0 aromatic heterocycles. The lowest BCUT2D eigenvalue weighted by atomic mass is 9.84. The number of carbonyl (C=O) groups excluding carboxylic acids is 1. The number of rotatable bonds is 6. The maximum atomic E-state index is 11.9. The molecule has 0 aromatic rings. The predicted octanol–water partition coefficient (Wildman–Crippen LogP) is 2.36. The molecular formula is C15H26N2O3. The Morgan fingerprint density at radius 1 is 1.25 bits per heavy atom. The van der Waals surface area contributed by atoms with Crippen molar-refractivity contribution in [2.24, 2.45) is 17.8 Å². The third-order valence-corrected chi connectivity index (χ3v) is 4.97. The minimum Gasteiger partial charge on any atom is -0.480 e. The number of carboxylic acid groups (broad SMARTS) is 1. The van der Waals surface area contributed by atoms with Gasteiger partial charge in [-0.15, -0.1) is 0 Å². The Morgan fingerprint density at radius 2 is 2.00 bits per heavy atom. The van der Waals surface area contributed by atoms with Gasteiger partial charge in [-0.2, -0.15) is 0 Å². The molecule has 0 radical (unpaired) electrons. The lowest BCUT2D eigenvalue weighted by Gasteiger charge is -2.29. The quantitative estimate of drug-likeness (QED) is 0.700. The summed E-state index contributed by atoms with van der Waals surface area (Å²) in [5.74, 6) is 1.20. The molecule has 2 rings (SSSR count). The van der Waals surface area contributed by atoms with Crippen molar-refractivity contribution in [3.05, 3.63) is 0 Å². The minimum atomic E-state index is -0.963. The second kappa shape index (κ2) is 6.46. The summed E-state index contributed by atoms with van der Waals surface area (Å²) in [4.78, 5) is 22.9. The van der Waals surface area contributed by atoms with Gasteiger partial charge < -0.3 is 15.7 Å². The van der Waals surface area contributed by atoms with E-state index in [-0.39, 0.29) is 12.1 Å². The molecule has 20 heavy (non-hydrogen) atoms. The van der Waals surface area contributed by atoms with E-state index in [0.717, 1.165) is 18.3 Å². The normalized spacial score (nSPS) is 30.8. The molecule has 2 bridgehead atoms. The van der Waals surface area contributed by atoms with Gasteiger partial charge in [0.2, 0.25) is 0 Å². The monoisotopic (exact) mass is 282 g/mol. The van der Waals surface area contributed by atoms with Crippen molar-refractivity contribution in [1.82, 2.24) is 10.6 Å². The van der Waals surface area contributed by atoms with Crippen LogP contribution >= 0.6 is 0 Å². The van der Waals surface area contributed by atoms with Crippen molar-refractivity contribution in [3.8, 4) is 0 Å². The van der Waals surface area contributed by atoms with E-state index < -0.39 is 12.0 Å². The van der Waals surface area contributed by atoms with Crippen molar-refractivity contribution >= 4 is 12.0 Å². The van der Waals surface area contributed by atoms with Gasteiger partial charge >= 0.3 is 12.0 Å². The van der Waals surface area contributed by atoms with Crippen molar-refractivity contribution in [3.63, 3.8) is 0 Å². The molecule has 2 amide bonds. The summed E-state index contributed by atoms with van der Waals surface area (Å²) >= 11 is 0. The first-order chi connectivity index (χ1) is 9.51. The van der Waals surface area contributed by atoms with E-state index in [1.807, 2.05) is 13.8 Å². The molecule has 2 aliphatic carbocycles. The smallest absolute Gasteiger partial charge is 0.326 e. The van der Waals surface area contributed by atoms with Gasteiger partial charge in [-0.3, -0.25) is 0 Å². The predicted molar refractivity (Wildman–Crippen MR) is 76.4 cm³/mol. The highest BCUT2D eigenvalue weighted by molar-refractivity contribution is 5.82. The first kappa shape index (κ1) is 15.1. The number of urea groups is 1.